The number of imidazole rings is 1. The lowest BCUT2D eigenvalue weighted by Gasteiger charge is -2.06. The standard InChI is InChI=1S/C14H20N4O2S/c1-3-18-10-14(16-11(18)2)21(19,20)17-13-6-4-12(5-7-13)8-9-15/h4-7,10,17H,3,8-9,15H2,1-2H3. The molecular weight excluding hydrogens is 288 g/mol. The molecule has 2 rings (SSSR count). The van der Waals surface area contributed by atoms with Crippen LogP contribution in [-0.2, 0) is 23.0 Å². The second kappa shape index (κ2) is 6.28. The Morgan fingerprint density at radius 3 is 2.48 bits per heavy atom. The van der Waals surface area contributed by atoms with Crippen LogP contribution in [0.25, 0.3) is 0 Å². The van der Waals surface area contributed by atoms with Crippen LogP contribution < -0.4 is 10.5 Å². The van der Waals surface area contributed by atoms with Gasteiger partial charge in [-0.3, -0.25) is 4.72 Å². The summed E-state index contributed by atoms with van der Waals surface area (Å²) in [6, 6.07) is 7.18. The molecule has 1 heterocycles. The highest BCUT2D eigenvalue weighted by atomic mass is 32.2. The Hall–Kier alpha value is -1.86. The number of aryl methyl sites for hydroxylation is 2. The van der Waals surface area contributed by atoms with Gasteiger partial charge < -0.3 is 10.3 Å². The Bertz CT molecular complexity index is 705. The molecule has 6 nitrogen and oxygen atoms in total. The third-order valence-electron chi connectivity index (χ3n) is 3.21. The number of nitrogens with two attached hydrogens (primary N) is 1. The normalized spacial score (nSPS) is 11.6. The molecule has 3 N–H and O–H groups in total. The summed E-state index contributed by atoms with van der Waals surface area (Å²) >= 11 is 0. The maximum Gasteiger partial charge on any atom is 0.280 e. The lowest BCUT2D eigenvalue weighted by Crippen LogP contribution is -2.13. The highest BCUT2D eigenvalue weighted by Crippen LogP contribution is 2.16. The molecule has 0 radical (unpaired) electrons. The van der Waals surface area contributed by atoms with Crippen LogP contribution in [-0.4, -0.2) is 24.5 Å². The second-order valence-corrected chi connectivity index (χ2v) is 6.38. The Morgan fingerprint density at radius 1 is 1.29 bits per heavy atom. The van der Waals surface area contributed by atoms with Crippen LogP contribution in [0.4, 0.5) is 5.69 Å². The van der Waals surface area contributed by atoms with Gasteiger partial charge in [-0.2, -0.15) is 8.42 Å². The van der Waals surface area contributed by atoms with Crippen molar-refractivity contribution in [1.29, 1.82) is 0 Å². The van der Waals surface area contributed by atoms with Gasteiger partial charge >= 0.3 is 0 Å². The lowest BCUT2D eigenvalue weighted by molar-refractivity contribution is 0.598. The van der Waals surface area contributed by atoms with Gasteiger partial charge in [-0.25, -0.2) is 4.98 Å². The quantitative estimate of drug-likeness (QED) is 0.846. The number of aromatic nitrogens is 2. The minimum Gasteiger partial charge on any atom is -0.334 e. The Kier molecular flexibility index (Phi) is 4.64. The number of rotatable bonds is 6. The summed E-state index contributed by atoms with van der Waals surface area (Å²) in [5.74, 6) is 0.677. The van der Waals surface area contributed by atoms with Gasteiger partial charge in [0.15, 0.2) is 5.03 Å². The number of benzene rings is 1. The van der Waals surface area contributed by atoms with Gasteiger partial charge in [0.2, 0.25) is 0 Å². The summed E-state index contributed by atoms with van der Waals surface area (Å²) < 4.78 is 28.9. The number of nitrogens with zero attached hydrogens (tertiary/aromatic N) is 2. The number of anilines is 1. The molecule has 0 saturated carbocycles. The molecule has 0 aliphatic rings. The van der Waals surface area contributed by atoms with Crippen molar-refractivity contribution in [2.45, 2.75) is 31.8 Å². The van der Waals surface area contributed by atoms with Crippen molar-refractivity contribution >= 4 is 15.7 Å². The molecule has 1 aromatic carbocycles. The molecule has 0 fully saturated rings. The minimum absolute atomic E-state index is 0.0351. The van der Waals surface area contributed by atoms with E-state index in [2.05, 4.69) is 9.71 Å². The highest BCUT2D eigenvalue weighted by molar-refractivity contribution is 7.92. The zero-order chi connectivity index (χ0) is 15.5. The predicted octanol–water partition coefficient (Wildman–Crippen LogP) is 1.51. The molecule has 0 bridgehead atoms. The maximum atomic E-state index is 12.3. The predicted molar refractivity (Wildman–Crippen MR) is 82.6 cm³/mol. The van der Waals surface area contributed by atoms with Crippen molar-refractivity contribution in [2.24, 2.45) is 5.73 Å². The van der Waals surface area contributed by atoms with Crippen LogP contribution in [0.1, 0.15) is 18.3 Å². The van der Waals surface area contributed by atoms with Crippen molar-refractivity contribution in [3.8, 4) is 0 Å². The number of hydrogen-bond acceptors (Lipinski definition) is 4. The maximum absolute atomic E-state index is 12.3. The van der Waals surface area contributed by atoms with Crippen molar-refractivity contribution in [1.82, 2.24) is 9.55 Å². The fourth-order valence-electron chi connectivity index (χ4n) is 2.04. The third-order valence-corrected chi connectivity index (χ3v) is 4.46. The third kappa shape index (κ3) is 3.62. The van der Waals surface area contributed by atoms with Crippen LogP contribution in [0.15, 0.2) is 35.5 Å². The Balaban J connectivity index is 2.20. The molecule has 0 aliphatic heterocycles. The summed E-state index contributed by atoms with van der Waals surface area (Å²) in [6.07, 6.45) is 2.31. The second-order valence-electron chi connectivity index (χ2n) is 4.75. The van der Waals surface area contributed by atoms with E-state index in [0.717, 1.165) is 12.0 Å². The molecular formula is C14H20N4O2S. The molecule has 0 atom stereocenters. The van der Waals surface area contributed by atoms with E-state index in [1.807, 2.05) is 19.1 Å². The van der Waals surface area contributed by atoms with E-state index in [1.54, 1.807) is 29.8 Å². The zero-order valence-corrected chi connectivity index (χ0v) is 13.0. The van der Waals surface area contributed by atoms with Gasteiger partial charge in [0, 0.05) is 18.4 Å². The molecule has 2 aromatic rings. The first-order valence-electron chi connectivity index (χ1n) is 6.82. The molecule has 1 aromatic heterocycles. The first-order valence-corrected chi connectivity index (χ1v) is 8.30. The van der Waals surface area contributed by atoms with Gasteiger partial charge in [-0.1, -0.05) is 12.1 Å². The van der Waals surface area contributed by atoms with E-state index < -0.39 is 10.0 Å². The van der Waals surface area contributed by atoms with Crippen molar-refractivity contribution in [3.05, 3.63) is 41.9 Å². The fraction of sp³-hybridized carbons (Fsp3) is 0.357. The Morgan fingerprint density at radius 2 is 1.95 bits per heavy atom. The van der Waals surface area contributed by atoms with Crippen LogP contribution in [0, 0.1) is 6.92 Å². The first-order chi connectivity index (χ1) is 9.96. The van der Waals surface area contributed by atoms with Crippen LogP contribution in [0.3, 0.4) is 0 Å². The zero-order valence-electron chi connectivity index (χ0n) is 12.2. The van der Waals surface area contributed by atoms with Gasteiger partial charge in [-0.05, 0) is 44.5 Å². The summed E-state index contributed by atoms with van der Waals surface area (Å²) in [7, 11) is -3.66. The first kappa shape index (κ1) is 15.5. The van der Waals surface area contributed by atoms with Crippen molar-refractivity contribution in [2.75, 3.05) is 11.3 Å². The van der Waals surface area contributed by atoms with Crippen LogP contribution in [0.2, 0.25) is 0 Å². The fourth-order valence-corrected chi connectivity index (χ4v) is 3.11. The van der Waals surface area contributed by atoms with Crippen molar-refractivity contribution in [3.63, 3.8) is 0 Å². The molecule has 0 saturated heterocycles. The smallest absolute Gasteiger partial charge is 0.280 e. The summed E-state index contributed by atoms with van der Waals surface area (Å²) in [6.45, 7) is 4.97. The number of hydrogen-bond donors (Lipinski definition) is 2. The van der Waals surface area contributed by atoms with Gasteiger partial charge in [-0.15, -0.1) is 0 Å². The van der Waals surface area contributed by atoms with Gasteiger partial charge in [0.1, 0.15) is 5.82 Å². The Labute approximate surface area is 125 Å². The van der Waals surface area contributed by atoms with E-state index in [1.165, 1.54) is 0 Å². The summed E-state index contributed by atoms with van der Waals surface area (Å²) in [5, 5.41) is 0.0351. The summed E-state index contributed by atoms with van der Waals surface area (Å²) in [4.78, 5) is 4.09. The van der Waals surface area contributed by atoms with E-state index in [9.17, 15) is 8.42 Å². The van der Waals surface area contributed by atoms with Gasteiger partial charge in [0.25, 0.3) is 10.0 Å². The molecule has 0 aliphatic carbocycles. The molecule has 21 heavy (non-hydrogen) atoms. The van der Waals surface area contributed by atoms with E-state index in [-0.39, 0.29) is 5.03 Å². The number of sulfonamides is 1. The minimum atomic E-state index is -3.66. The van der Waals surface area contributed by atoms with E-state index in [0.29, 0.717) is 24.6 Å². The van der Waals surface area contributed by atoms with Crippen LogP contribution in [0.5, 0.6) is 0 Å². The average Bonchev–Trinajstić information content (AvgIpc) is 2.83. The average molecular weight is 308 g/mol. The van der Waals surface area contributed by atoms with E-state index in [4.69, 9.17) is 5.73 Å². The monoisotopic (exact) mass is 308 g/mol. The van der Waals surface area contributed by atoms with Crippen LogP contribution >= 0.6 is 0 Å². The largest absolute Gasteiger partial charge is 0.334 e. The van der Waals surface area contributed by atoms with E-state index >= 15 is 0 Å². The van der Waals surface area contributed by atoms with Gasteiger partial charge in [0.05, 0.1) is 0 Å². The van der Waals surface area contributed by atoms with Crippen molar-refractivity contribution < 1.29 is 8.42 Å². The topological polar surface area (TPSA) is 90.0 Å². The summed E-state index contributed by atoms with van der Waals surface area (Å²) in [5.41, 5.74) is 7.07. The lowest BCUT2D eigenvalue weighted by atomic mass is 10.1. The molecule has 114 valence electrons. The molecule has 0 unspecified atom stereocenters. The highest BCUT2D eigenvalue weighted by Gasteiger charge is 2.18. The molecule has 0 amide bonds. The molecule has 7 heteroatoms. The number of nitrogens with one attached hydrogen (secondary N) is 1. The molecule has 0 spiro atoms. The SMILES string of the molecule is CCn1cc(S(=O)(=O)Nc2ccc(CCN)cc2)nc1C.